The third-order valence-electron chi connectivity index (χ3n) is 3.55. The van der Waals surface area contributed by atoms with Gasteiger partial charge < -0.3 is 19.2 Å². The molecule has 0 aromatic heterocycles. The first-order valence-corrected chi connectivity index (χ1v) is 6.56. The van der Waals surface area contributed by atoms with Crippen molar-refractivity contribution in [2.24, 2.45) is 0 Å². The van der Waals surface area contributed by atoms with Crippen LogP contribution in [-0.4, -0.2) is 37.4 Å². The molecule has 1 N–H and O–H groups in total. The number of benzene rings is 1. The topological polar surface area (TPSA) is 65.0 Å². The lowest BCUT2D eigenvalue weighted by Gasteiger charge is -2.22. The van der Waals surface area contributed by atoms with E-state index in [9.17, 15) is 14.2 Å². The molecular weight excluding hydrogens is 266 g/mol. The highest BCUT2D eigenvalue weighted by Gasteiger charge is 2.31. The van der Waals surface area contributed by atoms with Crippen molar-refractivity contribution >= 4 is 18.6 Å². The zero-order valence-corrected chi connectivity index (χ0v) is 10.8. The molecule has 20 heavy (non-hydrogen) atoms. The smallest absolute Gasteiger partial charge is 0.459 e. The zero-order valence-electron chi connectivity index (χ0n) is 10.8. The summed E-state index contributed by atoms with van der Waals surface area (Å²) in [6.07, 6.45) is 0.985. The lowest BCUT2D eigenvalue weighted by Crippen LogP contribution is -2.30. The number of carbonyl (C=O) groups excluding carboxylic acids is 1. The predicted molar refractivity (Wildman–Crippen MR) is 68.1 cm³/mol. The van der Waals surface area contributed by atoms with Crippen molar-refractivity contribution in [2.75, 3.05) is 13.2 Å². The average Bonchev–Trinajstić information content (AvgIpc) is 2.79. The summed E-state index contributed by atoms with van der Waals surface area (Å²) in [5.74, 6) is -1.37. The molecule has 0 spiro atoms. The van der Waals surface area contributed by atoms with Gasteiger partial charge in [-0.2, -0.15) is 0 Å². The molecule has 0 radical (unpaired) electrons. The molecule has 2 aliphatic heterocycles. The molecule has 0 unspecified atom stereocenters. The van der Waals surface area contributed by atoms with Crippen molar-refractivity contribution < 1.29 is 28.3 Å². The van der Waals surface area contributed by atoms with Crippen molar-refractivity contribution in [1.82, 2.24) is 0 Å². The minimum Gasteiger partial charge on any atom is -0.459 e. The van der Waals surface area contributed by atoms with Gasteiger partial charge in [0, 0.05) is 12.8 Å². The minimum absolute atomic E-state index is 0.142. The minimum atomic E-state index is -1.11. The summed E-state index contributed by atoms with van der Waals surface area (Å²) in [6.45, 7) is 1.22. The number of ether oxygens (including phenoxy) is 2. The highest BCUT2D eigenvalue weighted by molar-refractivity contribution is 6.61. The molecule has 5 nitrogen and oxygen atoms in total. The number of fused-ring (bicyclic) bond motifs is 1. The Bertz CT molecular complexity index is 530. The van der Waals surface area contributed by atoms with E-state index in [1.165, 1.54) is 12.1 Å². The van der Waals surface area contributed by atoms with E-state index in [-0.39, 0.29) is 18.3 Å². The molecular formula is C13H14BFO5. The maximum absolute atomic E-state index is 13.9. The lowest BCUT2D eigenvalue weighted by molar-refractivity contribution is -0.0162. The number of carbonyl (C=O) groups is 1. The Hall–Kier alpha value is -1.44. The average molecular weight is 280 g/mol. The van der Waals surface area contributed by atoms with Crippen LogP contribution in [0.1, 0.15) is 28.8 Å². The quantitative estimate of drug-likeness (QED) is 0.626. The van der Waals surface area contributed by atoms with Gasteiger partial charge in [0.2, 0.25) is 0 Å². The molecule has 1 aromatic rings. The summed E-state index contributed by atoms with van der Waals surface area (Å²) >= 11 is 0. The first kappa shape index (κ1) is 13.5. The molecule has 1 aromatic carbocycles. The van der Waals surface area contributed by atoms with Crippen molar-refractivity contribution in [3.63, 3.8) is 0 Å². The molecule has 2 aliphatic rings. The van der Waals surface area contributed by atoms with Crippen LogP contribution in [0.3, 0.4) is 0 Å². The molecule has 1 fully saturated rings. The van der Waals surface area contributed by atoms with E-state index >= 15 is 0 Å². The third-order valence-corrected chi connectivity index (χ3v) is 3.55. The fourth-order valence-corrected chi connectivity index (χ4v) is 2.41. The van der Waals surface area contributed by atoms with Crippen molar-refractivity contribution in [2.45, 2.75) is 25.6 Å². The molecule has 0 aliphatic carbocycles. The normalized spacial score (nSPS) is 19.0. The molecule has 0 bridgehead atoms. The maximum atomic E-state index is 13.9. The zero-order chi connectivity index (χ0) is 14.1. The molecule has 0 atom stereocenters. The molecule has 7 heteroatoms. The van der Waals surface area contributed by atoms with Crippen molar-refractivity contribution in [3.05, 3.63) is 29.1 Å². The van der Waals surface area contributed by atoms with Crippen LogP contribution in [0.15, 0.2) is 12.1 Å². The van der Waals surface area contributed by atoms with Gasteiger partial charge in [0.05, 0.1) is 25.4 Å². The predicted octanol–water partition coefficient (Wildman–Crippen LogP) is 0.379. The Kier molecular flexibility index (Phi) is 3.73. The van der Waals surface area contributed by atoms with E-state index in [4.69, 9.17) is 14.1 Å². The van der Waals surface area contributed by atoms with Gasteiger partial charge in [0.25, 0.3) is 0 Å². The second-order valence-electron chi connectivity index (χ2n) is 4.91. The number of esters is 1. The van der Waals surface area contributed by atoms with Crippen LogP contribution in [0.25, 0.3) is 0 Å². The van der Waals surface area contributed by atoms with Crippen LogP contribution in [0.4, 0.5) is 4.39 Å². The molecule has 0 amide bonds. The Morgan fingerprint density at radius 3 is 2.90 bits per heavy atom. The van der Waals surface area contributed by atoms with E-state index in [1.54, 1.807) is 0 Å². The maximum Gasteiger partial charge on any atom is 0.491 e. The summed E-state index contributed by atoms with van der Waals surface area (Å²) in [5.41, 5.74) is 0.808. The highest BCUT2D eigenvalue weighted by Crippen LogP contribution is 2.18. The van der Waals surface area contributed by atoms with Gasteiger partial charge >= 0.3 is 13.1 Å². The first-order valence-electron chi connectivity index (χ1n) is 6.56. The number of halogens is 1. The standard InChI is InChI=1S/C13H14BFO5/c15-12-5-8-7-19-14(17)11(8)6-10(12)13(16)20-9-1-3-18-4-2-9/h5-6,9,17H,1-4,7H2. The van der Waals surface area contributed by atoms with Crippen LogP contribution in [0.5, 0.6) is 0 Å². The first-order chi connectivity index (χ1) is 9.65. The highest BCUT2D eigenvalue weighted by atomic mass is 19.1. The van der Waals surface area contributed by atoms with Crippen LogP contribution in [0, 0.1) is 5.82 Å². The van der Waals surface area contributed by atoms with E-state index in [1.807, 2.05) is 0 Å². The summed E-state index contributed by atoms with van der Waals surface area (Å²) in [6, 6.07) is 2.52. The largest absolute Gasteiger partial charge is 0.491 e. The van der Waals surface area contributed by atoms with E-state index in [0.717, 1.165) is 0 Å². The fourth-order valence-electron chi connectivity index (χ4n) is 2.41. The fraction of sp³-hybridized carbons (Fsp3) is 0.462. The van der Waals surface area contributed by atoms with Crippen LogP contribution in [0.2, 0.25) is 0 Å². The molecule has 2 heterocycles. The summed E-state index contributed by atoms with van der Waals surface area (Å²) in [5, 5.41) is 9.59. The third kappa shape index (κ3) is 2.56. The van der Waals surface area contributed by atoms with Crippen LogP contribution in [-0.2, 0) is 20.7 Å². The molecule has 3 rings (SSSR count). The number of hydrogen-bond donors (Lipinski definition) is 1. The Labute approximate surface area is 115 Å². The van der Waals surface area contributed by atoms with Gasteiger partial charge in [-0.1, -0.05) is 0 Å². The SMILES string of the molecule is O=C(OC1CCOCC1)c1cc2c(cc1F)COB2O. The van der Waals surface area contributed by atoms with E-state index in [0.29, 0.717) is 37.1 Å². The van der Waals surface area contributed by atoms with Crippen molar-refractivity contribution in [1.29, 1.82) is 0 Å². The molecule has 106 valence electrons. The summed E-state index contributed by atoms with van der Waals surface area (Å²) < 4.78 is 29.3. The van der Waals surface area contributed by atoms with E-state index < -0.39 is 18.9 Å². The van der Waals surface area contributed by atoms with Crippen LogP contribution >= 0.6 is 0 Å². The van der Waals surface area contributed by atoms with Gasteiger partial charge in [-0.05, 0) is 23.2 Å². The summed E-state index contributed by atoms with van der Waals surface area (Å²) in [4.78, 5) is 12.0. The van der Waals surface area contributed by atoms with Gasteiger partial charge in [0.1, 0.15) is 11.9 Å². The second-order valence-corrected chi connectivity index (χ2v) is 4.91. The van der Waals surface area contributed by atoms with E-state index in [2.05, 4.69) is 0 Å². The molecule has 0 saturated carbocycles. The monoisotopic (exact) mass is 280 g/mol. The number of rotatable bonds is 2. The second kappa shape index (κ2) is 5.51. The van der Waals surface area contributed by atoms with Gasteiger partial charge in [0.15, 0.2) is 0 Å². The van der Waals surface area contributed by atoms with Crippen LogP contribution < -0.4 is 5.46 Å². The van der Waals surface area contributed by atoms with Gasteiger partial charge in [-0.3, -0.25) is 0 Å². The Balaban J connectivity index is 1.79. The van der Waals surface area contributed by atoms with Gasteiger partial charge in [-0.15, -0.1) is 0 Å². The lowest BCUT2D eigenvalue weighted by atomic mass is 9.78. The Morgan fingerprint density at radius 2 is 2.15 bits per heavy atom. The van der Waals surface area contributed by atoms with Gasteiger partial charge in [-0.25, -0.2) is 9.18 Å². The number of hydrogen-bond acceptors (Lipinski definition) is 5. The van der Waals surface area contributed by atoms with Crippen molar-refractivity contribution in [3.8, 4) is 0 Å². The Morgan fingerprint density at radius 1 is 1.40 bits per heavy atom. The summed E-state index contributed by atoms with van der Waals surface area (Å²) in [7, 11) is -1.11. The molecule has 1 saturated heterocycles.